The van der Waals surface area contributed by atoms with E-state index in [2.05, 4.69) is 10.1 Å². The summed E-state index contributed by atoms with van der Waals surface area (Å²) < 4.78 is 4.95. The van der Waals surface area contributed by atoms with Gasteiger partial charge in [-0.3, -0.25) is 0 Å². The van der Waals surface area contributed by atoms with Crippen molar-refractivity contribution < 1.29 is 4.52 Å². The average Bonchev–Trinajstić information content (AvgIpc) is 2.53. The second kappa shape index (κ2) is 3.46. The lowest BCUT2D eigenvalue weighted by molar-refractivity contribution is 0.345. The third-order valence-electron chi connectivity index (χ3n) is 2.69. The Morgan fingerprint density at radius 2 is 2.15 bits per heavy atom. The summed E-state index contributed by atoms with van der Waals surface area (Å²) in [5.74, 6) is 1.74. The normalized spacial score (nSPS) is 29.1. The second-order valence-corrected chi connectivity index (χ2v) is 3.73. The molecular weight excluding hydrogens is 166 g/mol. The molecule has 13 heavy (non-hydrogen) atoms. The number of rotatable bonds is 1. The van der Waals surface area contributed by atoms with Crippen LogP contribution in [0.4, 0.5) is 0 Å². The molecule has 0 bridgehead atoms. The van der Waals surface area contributed by atoms with Crippen molar-refractivity contribution in [3.8, 4) is 0 Å². The van der Waals surface area contributed by atoms with E-state index in [1.54, 1.807) is 0 Å². The maximum atomic E-state index is 6.00. The molecule has 0 aliphatic heterocycles. The van der Waals surface area contributed by atoms with Gasteiger partial charge in [-0.1, -0.05) is 18.0 Å². The largest absolute Gasteiger partial charge is 0.340 e. The van der Waals surface area contributed by atoms with Gasteiger partial charge >= 0.3 is 0 Å². The molecule has 2 rings (SSSR count). The van der Waals surface area contributed by atoms with Crippen molar-refractivity contribution in [2.45, 2.75) is 44.6 Å². The highest BCUT2D eigenvalue weighted by Gasteiger charge is 2.26. The summed E-state index contributed by atoms with van der Waals surface area (Å²) in [4.78, 5) is 4.23. The van der Waals surface area contributed by atoms with Crippen LogP contribution in [-0.2, 0) is 0 Å². The van der Waals surface area contributed by atoms with Gasteiger partial charge in [0.2, 0.25) is 5.89 Å². The molecule has 0 aromatic carbocycles. The van der Waals surface area contributed by atoms with Crippen LogP contribution >= 0.6 is 0 Å². The van der Waals surface area contributed by atoms with Crippen molar-refractivity contribution in [3.05, 3.63) is 11.7 Å². The first-order chi connectivity index (χ1) is 6.27. The molecule has 1 aromatic rings. The fraction of sp³-hybridized carbons (Fsp3) is 0.778. The number of hydrogen-bond acceptors (Lipinski definition) is 4. The molecule has 1 aliphatic carbocycles. The lowest BCUT2D eigenvalue weighted by Gasteiger charge is -2.25. The molecule has 2 N–H and O–H groups in total. The monoisotopic (exact) mass is 181 g/mol. The van der Waals surface area contributed by atoms with E-state index in [1.165, 1.54) is 12.8 Å². The number of aromatic nitrogens is 2. The van der Waals surface area contributed by atoms with Gasteiger partial charge in [0.05, 0.1) is 0 Å². The molecule has 1 fully saturated rings. The van der Waals surface area contributed by atoms with Crippen molar-refractivity contribution in [3.63, 3.8) is 0 Å². The first-order valence-corrected chi connectivity index (χ1v) is 4.83. The Kier molecular flexibility index (Phi) is 2.31. The van der Waals surface area contributed by atoms with Crippen LogP contribution in [-0.4, -0.2) is 16.2 Å². The third kappa shape index (κ3) is 1.72. The molecule has 2 unspecified atom stereocenters. The van der Waals surface area contributed by atoms with E-state index in [0.29, 0.717) is 11.8 Å². The summed E-state index contributed by atoms with van der Waals surface area (Å²) in [5, 5.41) is 3.92. The van der Waals surface area contributed by atoms with Gasteiger partial charge in [0.15, 0.2) is 5.82 Å². The minimum Gasteiger partial charge on any atom is -0.340 e. The highest BCUT2D eigenvalue weighted by Crippen LogP contribution is 2.29. The highest BCUT2D eigenvalue weighted by atomic mass is 16.5. The molecule has 0 radical (unpaired) electrons. The molecule has 1 heterocycles. The predicted molar refractivity (Wildman–Crippen MR) is 48.2 cm³/mol. The fourth-order valence-electron chi connectivity index (χ4n) is 1.95. The number of hydrogen-bond donors (Lipinski definition) is 1. The molecule has 4 nitrogen and oxygen atoms in total. The molecule has 2 atom stereocenters. The first kappa shape index (κ1) is 8.69. The summed E-state index contributed by atoms with van der Waals surface area (Å²) in [6.45, 7) is 1.81. The van der Waals surface area contributed by atoms with Gasteiger partial charge in [0.1, 0.15) is 0 Å². The van der Waals surface area contributed by atoms with Gasteiger partial charge in [0.25, 0.3) is 0 Å². The zero-order chi connectivity index (χ0) is 9.26. The van der Waals surface area contributed by atoms with E-state index in [9.17, 15) is 0 Å². The molecule has 1 saturated carbocycles. The second-order valence-electron chi connectivity index (χ2n) is 3.73. The third-order valence-corrected chi connectivity index (χ3v) is 2.69. The lowest BCUT2D eigenvalue weighted by atomic mass is 9.85. The van der Waals surface area contributed by atoms with Crippen LogP contribution in [0.5, 0.6) is 0 Å². The van der Waals surface area contributed by atoms with Gasteiger partial charge in [-0.15, -0.1) is 0 Å². The van der Waals surface area contributed by atoms with Crippen molar-refractivity contribution in [1.82, 2.24) is 10.1 Å². The van der Waals surface area contributed by atoms with E-state index in [0.717, 1.165) is 18.7 Å². The van der Waals surface area contributed by atoms with Gasteiger partial charge in [0, 0.05) is 18.9 Å². The molecule has 1 aromatic heterocycles. The quantitative estimate of drug-likeness (QED) is 0.710. The van der Waals surface area contributed by atoms with Crippen LogP contribution in [0.25, 0.3) is 0 Å². The van der Waals surface area contributed by atoms with E-state index in [-0.39, 0.29) is 6.04 Å². The SMILES string of the molecule is Cc1nc(C2CCCCC2N)no1. The van der Waals surface area contributed by atoms with Crippen LogP contribution < -0.4 is 5.73 Å². The minimum absolute atomic E-state index is 0.214. The summed E-state index contributed by atoms with van der Waals surface area (Å²) in [6.07, 6.45) is 4.64. The predicted octanol–water partition coefficient (Wildman–Crippen LogP) is 1.36. The standard InChI is InChI=1S/C9H15N3O/c1-6-11-9(12-13-6)7-4-2-3-5-8(7)10/h7-8H,2-5,10H2,1H3. The maximum absolute atomic E-state index is 6.00. The maximum Gasteiger partial charge on any atom is 0.223 e. The van der Waals surface area contributed by atoms with E-state index in [4.69, 9.17) is 10.3 Å². The minimum atomic E-state index is 0.214. The van der Waals surface area contributed by atoms with E-state index < -0.39 is 0 Å². The zero-order valence-corrected chi connectivity index (χ0v) is 7.86. The Morgan fingerprint density at radius 1 is 1.38 bits per heavy atom. The number of nitrogens with zero attached hydrogens (tertiary/aromatic N) is 2. The topological polar surface area (TPSA) is 64.9 Å². The van der Waals surface area contributed by atoms with Crippen LogP contribution in [0.3, 0.4) is 0 Å². The fourth-order valence-corrected chi connectivity index (χ4v) is 1.95. The Morgan fingerprint density at radius 3 is 2.77 bits per heavy atom. The molecule has 0 saturated heterocycles. The Labute approximate surface area is 77.5 Å². The smallest absolute Gasteiger partial charge is 0.223 e. The summed E-state index contributed by atoms with van der Waals surface area (Å²) in [7, 11) is 0. The van der Waals surface area contributed by atoms with Gasteiger partial charge in [-0.25, -0.2) is 0 Å². The average molecular weight is 181 g/mol. The molecule has 4 heteroatoms. The van der Waals surface area contributed by atoms with Gasteiger partial charge < -0.3 is 10.3 Å². The van der Waals surface area contributed by atoms with Crippen molar-refractivity contribution in [2.24, 2.45) is 5.73 Å². The van der Waals surface area contributed by atoms with Crippen LogP contribution in [0.1, 0.15) is 43.3 Å². The molecule has 1 aliphatic rings. The Hall–Kier alpha value is -0.900. The molecular formula is C9H15N3O. The highest BCUT2D eigenvalue weighted by molar-refractivity contribution is 5.01. The first-order valence-electron chi connectivity index (χ1n) is 4.83. The zero-order valence-electron chi connectivity index (χ0n) is 7.86. The summed E-state index contributed by atoms with van der Waals surface area (Å²) >= 11 is 0. The Balaban J connectivity index is 2.14. The van der Waals surface area contributed by atoms with Crippen molar-refractivity contribution >= 4 is 0 Å². The number of aryl methyl sites for hydroxylation is 1. The van der Waals surface area contributed by atoms with Crippen LogP contribution in [0.15, 0.2) is 4.52 Å². The summed E-state index contributed by atoms with van der Waals surface area (Å²) in [6, 6.07) is 0.214. The van der Waals surface area contributed by atoms with Crippen LogP contribution in [0, 0.1) is 6.92 Å². The lowest BCUT2D eigenvalue weighted by Crippen LogP contribution is -2.31. The van der Waals surface area contributed by atoms with E-state index in [1.807, 2.05) is 6.92 Å². The van der Waals surface area contributed by atoms with Crippen molar-refractivity contribution in [1.29, 1.82) is 0 Å². The van der Waals surface area contributed by atoms with Crippen LogP contribution in [0.2, 0.25) is 0 Å². The molecule has 0 amide bonds. The van der Waals surface area contributed by atoms with E-state index >= 15 is 0 Å². The van der Waals surface area contributed by atoms with Gasteiger partial charge in [-0.05, 0) is 12.8 Å². The molecule has 0 spiro atoms. The van der Waals surface area contributed by atoms with Crippen molar-refractivity contribution in [2.75, 3.05) is 0 Å². The molecule has 72 valence electrons. The Bertz CT molecular complexity index is 284. The number of nitrogens with two attached hydrogens (primary N) is 1. The van der Waals surface area contributed by atoms with Gasteiger partial charge in [-0.2, -0.15) is 4.98 Å². The summed E-state index contributed by atoms with van der Waals surface area (Å²) in [5.41, 5.74) is 6.00.